The largest absolute Gasteiger partial charge is 0.539 e. The number of carbonyl (C=O) groups is 1. The lowest BCUT2D eigenvalue weighted by Gasteiger charge is -2.09. The molecule has 0 spiro atoms. The van der Waals surface area contributed by atoms with E-state index >= 15 is 0 Å². The summed E-state index contributed by atoms with van der Waals surface area (Å²) in [5.74, 6) is -1.53. The van der Waals surface area contributed by atoms with Crippen molar-refractivity contribution in [3.8, 4) is 28.8 Å². The number of nitriles is 1. The zero-order valence-electron chi connectivity index (χ0n) is 16.9. The van der Waals surface area contributed by atoms with Crippen LogP contribution in [0.5, 0.6) is 5.95 Å². The van der Waals surface area contributed by atoms with Gasteiger partial charge in [0.15, 0.2) is 5.95 Å². The van der Waals surface area contributed by atoms with Crippen molar-refractivity contribution in [2.75, 3.05) is 11.5 Å². The van der Waals surface area contributed by atoms with Crippen molar-refractivity contribution in [3.63, 3.8) is 0 Å². The number of aromatic nitrogens is 3. The molecular formula is C23H14N6O3S. The van der Waals surface area contributed by atoms with Crippen LogP contribution in [-0.4, -0.2) is 16.0 Å². The third-order valence-electron chi connectivity index (χ3n) is 5.11. The van der Waals surface area contributed by atoms with Gasteiger partial charge in [-0.3, -0.25) is 4.79 Å². The first-order valence-corrected chi connectivity index (χ1v) is 10.5. The van der Waals surface area contributed by atoms with E-state index in [9.17, 15) is 15.2 Å². The van der Waals surface area contributed by atoms with E-state index in [0.717, 1.165) is 16.0 Å². The van der Waals surface area contributed by atoms with Crippen LogP contribution in [0.1, 0.15) is 20.9 Å². The number of para-hydroxylation sites is 1. The highest BCUT2D eigenvalue weighted by Gasteiger charge is 2.33. The van der Waals surface area contributed by atoms with Crippen molar-refractivity contribution in [1.82, 2.24) is 10.3 Å². The SMILES string of the molecule is N#Cc1c(N)nc2sc(C(=O)c3c([O-])on[n+]3-c3ccccc3)c(N)c2c1-c1ccccc1. The van der Waals surface area contributed by atoms with Crippen molar-refractivity contribution < 1.29 is 19.1 Å². The molecule has 2 aromatic carbocycles. The Morgan fingerprint density at radius 1 is 1.09 bits per heavy atom. The molecular weight excluding hydrogens is 440 g/mol. The van der Waals surface area contributed by atoms with E-state index in [4.69, 9.17) is 16.0 Å². The quantitative estimate of drug-likeness (QED) is 0.310. The summed E-state index contributed by atoms with van der Waals surface area (Å²) in [5, 5.41) is 26.3. The summed E-state index contributed by atoms with van der Waals surface area (Å²) in [6.07, 6.45) is 0. The third-order valence-corrected chi connectivity index (χ3v) is 6.21. The Labute approximate surface area is 190 Å². The molecule has 0 unspecified atom stereocenters. The summed E-state index contributed by atoms with van der Waals surface area (Å²) in [6, 6.07) is 19.8. The first-order chi connectivity index (χ1) is 16.0. The van der Waals surface area contributed by atoms with Gasteiger partial charge in [0.1, 0.15) is 27.2 Å². The summed E-state index contributed by atoms with van der Waals surface area (Å²) in [7, 11) is 0. The molecule has 0 aliphatic carbocycles. The van der Waals surface area contributed by atoms with E-state index in [1.807, 2.05) is 30.3 Å². The Morgan fingerprint density at radius 3 is 2.42 bits per heavy atom. The molecule has 0 aliphatic rings. The van der Waals surface area contributed by atoms with Crippen LogP contribution in [0.15, 0.2) is 65.2 Å². The first kappa shape index (κ1) is 20.2. The van der Waals surface area contributed by atoms with Crippen LogP contribution in [0, 0.1) is 11.3 Å². The third kappa shape index (κ3) is 3.15. The number of nitrogens with two attached hydrogens (primary N) is 2. The molecule has 5 rings (SSSR count). The van der Waals surface area contributed by atoms with E-state index in [-0.39, 0.29) is 27.6 Å². The lowest BCUT2D eigenvalue weighted by atomic mass is 9.97. The normalized spacial score (nSPS) is 10.9. The molecule has 0 bridgehead atoms. The van der Waals surface area contributed by atoms with Gasteiger partial charge in [0.05, 0.1) is 11.0 Å². The molecule has 160 valence electrons. The minimum Gasteiger partial charge on any atom is -0.539 e. The monoisotopic (exact) mass is 454 g/mol. The number of ketones is 1. The second-order valence-corrected chi connectivity index (χ2v) is 8.03. The van der Waals surface area contributed by atoms with Gasteiger partial charge in [-0.25, -0.2) is 4.98 Å². The predicted octanol–water partition coefficient (Wildman–Crippen LogP) is 2.57. The second-order valence-electron chi connectivity index (χ2n) is 7.04. The van der Waals surface area contributed by atoms with E-state index in [1.54, 1.807) is 30.3 Å². The molecule has 0 radical (unpaired) electrons. The molecule has 0 saturated carbocycles. The number of benzene rings is 2. The Balaban J connectivity index is 1.76. The molecule has 0 saturated heterocycles. The predicted molar refractivity (Wildman–Crippen MR) is 120 cm³/mol. The number of hydrogen-bond acceptors (Lipinski definition) is 9. The summed E-state index contributed by atoms with van der Waals surface area (Å²) >= 11 is 0.988. The first-order valence-electron chi connectivity index (χ1n) is 9.67. The highest BCUT2D eigenvalue weighted by Crippen LogP contribution is 2.43. The van der Waals surface area contributed by atoms with Gasteiger partial charge >= 0.3 is 5.69 Å². The van der Waals surface area contributed by atoms with Crippen LogP contribution in [-0.2, 0) is 0 Å². The van der Waals surface area contributed by atoms with E-state index in [0.29, 0.717) is 27.0 Å². The van der Waals surface area contributed by atoms with Crippen molar-refractivity contribution >= 4 is 38.8 Å². The number of nitrogens with zero attached hydrogens (tertiary/aromatic N) is 4. The van der Waals surface area contributed by atoms with Crippen LogP contribution in [0.2, 0.25) is 0 Å². The molecule has 3 aromatic heterocycles. The molecule has 4 N–H and O–H groups in total. The summed E-state index contributed by atoms with van der Waals surface area (Å²) in [6.45, 7) is 0. The number of carbonyl (C=O) groups excluding carboxylic acids is 1. The minimum absolute atomic E-state index is 0.0259. The number of anilines is 2. The van der Waals surface area contributed by atoms with Gasteiger partial charge in [-0.1, -0.05) is 48.5 Å². The highest BCUT2D eigenvalue weighted by molar-refractivity contribution is 7.21. The van der Waals surface area contributed by atoms with Crippen LogP contribution < -0.4 is 21.3 Å². The number of rotatable bonds is 4. The van der Waals surface area contributed by atoms with Gasteiger partial charge in [-0.2, -0.15) is 5.26 Å². The summed E-state index contributed by atoms with van der Waals surface area (Å²) in [5.41, 5.74) is 14.1. The molecule has 9 nitrogen and oxygen atoms in total. The standard InChI is InChI=1S/C23H14N6O3S/c24-11-14-15(12-7-3-1-4-8-12)16-17(25)20(33-22(16)27-21(14)26)19(30)18-23(31)32-28-29(18)13-9-5-2-6-10-13/h1-10H,(H4-,25,26,27,28,30,31). The van der Waals surface area contributed by atoms with Gasteiger partial charge in [-0.05, 0) is 10.2 Å². The molecule has 0 fully saturated rings. The number of pyridine rings is 1. The fourth-order valence-electron chi connectivity index (χ4n) is 3.64. The van der Waals surface area contributed by atoms with Crippen LogP contribution >= 0.6 is 11.3 Å². The van der Waals surface area contributed by atoms with Gasteiger partial charge < -0.3 is 21.1 Å². The molecule has 0 amide bonds. The zero-order chi connectivity index (χ0) is 23.1. The van der Waals surface area contributed by atoms with E-state index in [1.165, 1.54) is 0 Å². The van der Waals surface area contributed by atoms with E-state index < -0.39 is 11.7 Å². The fraction of sp³-hybridized carbons (Fsp3) is 0. The summed E-state index contributed by atoms with van der Waals surface area (Å²) in [4.78, 5) is 18.2. The minimum atomic E-state index is -0.894. The molecule has 0 aliphatic heterocycles. The van der Waals surface area contributed by atoms with Crippen molar-refractivity contribution in [2.24, 2.45) is 0 Å². The lowest BCUT2D eigenvalue weighted by Crippen LogP contribution is -2.39. The average molecular weight is 454 g/mol. The molecule has 0 atom stereocenters. The molecule has 3 heterocycles. The zero-order valence-corrected chi connectivity index (χ0v) is 17.7. The van der Waals surface area contributed by atoms with Crippen molar-refractivity contribution in [1.29, 1.82) is 5.26 Å². The van der Waals surface area contributed by atoms with E-state index in [2.05, 4.69) is 16.3 Å². The number of fused-ring (bicyclic) bond motifs is 1. The Kier molecular flexibility index (Phi) is 4.73. The second kappa shape index (κ2) is 7.74. The fourth-order valence-corrected chi connectivity index (χ4v) is 4.69. The number of nitrogen functional groups attached to an aromatic ring is 2. The smallest absolute Gasteiger partial charge is 0.312 e. The maximum atomic E-state index is 13.5. The van der Waals surface area contributed by atoms with Gasteiger partial charge in [0.25, 0.3) is 5.78 Å². The average Bonchev–Trinajstić information content (AvgIpc) is 3.38. The lowest BCUT2D eigenvalue weighted by molar-refractivity contribution is -0.672. The topological polar surface area (TPSA) is 159 Å². The summed E-state index contributed by atoms with van der Waals surface area (Å²) < 4.78 is 5.91. The Bertz CT molecular complexity index is 1570. The molecule has 5 aromatic rings. The number of thiophene rings is 1. The van der Waals surface area contributed by atoms with Gasteiger partial charge in [0.2, 0.25) is 5.69 Å². The van der Waals surface area contributed by atoms with Crippen LogP contribution in [0.4, 0.5) is 11.5 Å². The molecule has 10 heteroatoms. The van der Waals surface area contributed by atoms with Gasteiger partial charge in [0, 0.05) is 23.1 Å². The van der Waals surface area contributed by atoms with Crippen LogP contribution in [0.3, 0.4) is 0 Å². The van der Waals surface area contributed by atoms with Gasteiger partial charge in [-0.15, -0.1) is 11.3 Å². The number of hydrogen-bond donors (Lipinski definition) is 2. The maximum Gasteiger partial charge on any atom is 0.312 e. The highest BCUT2D eigenvalue weighted by atomic mass is 32.1. The maximum absolute atomic E-state index is 13.5. The van der Waals surface area contributed by atoms with Crippen LogP contribution in [0.25, 0.3) is 27.0 Å². The Morgan fingerprint density at radius 2 is 1.76 bits per heavy atom. The molecule has 33 heavy (non-hydrogen) atoms. The van der Waals surface area contributed by atoms with Crippen molar-refractivity contribution in [2.45, 2.75) is 0 Å². The Hall–Kier alpha value is -4.75. The van der Waals surface area contributed by atoms with Crippen molar-refractivity contribution in [3.05, 3.63) is 76.8 Å².